The van der Waals surface area contributed by atoms with Gasteiger partial charge in [-0.15, -0.1) is 0 Å². The fourth-order valence-electron chi connectivity index (χ4n) is 3.36. The molecule has 0 spiro atoms. The first-order valence-corrected chi connectivity index (χ1v) is 9.71. The van der Waals surface area contributed by atoms with Crippen LogP contribution >= 0.6 is 0 Å². The zero-order valence-electron chi connectivity index (χ0n) is 17.9. The summed E-state index contributed by atoms with van der Waals surface area (Å²) >= 11 is 0. The monoisotopic (exact) mass is 398 g/mol. The summed E-state index contributed by atoms with van der Waals surface area (Å²) in [5, 5.41) is 2.83. The van der Waals surface area contributed by atoms with Gasteiger partial charge >= 0.3 is 0 Å². The minimum Gasteiger partial charge on any atom is -0.497 e. The Kier molecular flexibility index (Phi) is 8.07. The van der Waals surface area contributed by atoms with Crippen molar-refractivity contribution in [2.24, 2.45) is 0 Å². The summed E-state index contributed by atoms with van der Waals surface area (Å²) in [5.41, 5.74) is 4.11. The fourth-order valence-corrected chi connectivity index (χ4v) is 3.36. The third-order valence-electron chi connectivity index (χ3n) is 4.60. The van der Waals surface area contributed by atoms with Crippen LogP contribution in [0.2, 0.25) is 0 Å². The van der Waals surface area contributed by atoms with E-state index in [1.807, 2.05) is 45.0 Å². The first kappa shape index (κ1) is 22.3. The van der Waals surface area contributed by atoms with Gasteiger partial charge in [0, 0.05) is 25.6 Å². The molecule has 6 nitrogen and oxygen atoms in total. The van der Waals surface area contributed by atoms with Gasteiger partial charge in [-0.2, -0.15) is 0 Å². The lowest BCUT2D eigenvalue weighted by Gasteiger charge is -2.25. The van der Waals surface area contributed by atoms with Crippen LogP contribution in [0.4, 0.5) is 5.69 Å². The number of carbonyl (C=O) groups excluding carboxylic acids is 2. The van der Waals surface area contributed by atoms with Crippen molar-refractivity contribution < 1.29 is 19.1 Å². The van der Waals surface area contributed by atoms with Gasteiger partial charge in [-0.1, -0.05) is 17.7 Å². The molecular formula is C23H30N2O4. The van der Waals surface area contributed by atoms with Crippen LogP contribution in [0.25, 0.3) is 0 Å². The van der Waals surface area contributed by atoms with Crippen molar-refractivity contribution in [1.82, 2.24) is 5.32 Å². The Balaban J connectivity index is 1.82. The molecule has 2 aromatic carbocycles. The van der Waals surface area contributed by atoms with E-state index in [1.165, 1.54) is 6.92 Å². The average molecular weight is 399 g/mol. The largest absolute Gasteiger partial charge is 0.497 e. The summed E-state index contributed by atoms with van der Waals surface area (Å²) < 4.78 is 10.7. The highest BCUT2D eigenvalue weighted by atomic mass is 16.5. The van der Waals surface area contributed by atoms with E-state index in [0.717, 1.165) is 28.1 Å². The van der Waals surface area contributed by atoms with Gasteiger partial charge in [0.05, 0.1) is 13.7 Å². The van der Waals surface area contributed by atoms with Gasteiger partial charge < -0.3 is 19.7 Å². The van der Waals surface area contributed by atoms with Crippen LogP contribution in [-0.4, -0.2) is 38.6 Å². The number of carbonyl (C=O) groups is 2. The Morgan fingerprint density at radius 2 is 1.59 bits per heavy atom. The van der Waals surface area contributed by atoms with Crippen LogP contribution in [0.1, 0.15) is 30.0 Å². The molecule has 0 saturated heterocycles. The molecule has 6 heteroatoms. The van der Waals surface area contributed by atoms with Crippen molar-refractivity contribution in [1.29, 1.82) is 0 Å². The van der Waals surface area contributed by atoms with Crippen molar-refractivity contribution in [2.75, 3.05) is 31.7 Å². The third kappa shape index (κ3) is 6.52. The van der Waals surface area contributed by atoms with Crippen molar-refractivity contribution in [3.8, 4) is 11.5 Å². The summed E-state index contributed by atoms with van der Waals surface area (Å²) in [5.74, 6) is 1.29. The van der Waals surface area contributed by atoms with E-state index in [1.54, 1.807) is 12.0 Å². The Hall–Kier alpha value is -3.02. The van der Waals surface area contributed by atoms with Crippen molar-refractivity contribution >= 4 is 17.5 Å². The molecule has 1 N–H and O–H groups in total. The summed E-state index contributed by atoms with van der Waals surface area (Å²) in [6, 6.07) is 11.4. The Morgan fingerprint density at radius 3 is 2.14 bits per heavy atom. The zero-order chi connectivity index (χ0) is 21.4. The van der Waals surface area contributed by atoms with Gasteiger partial charge in [-0.3, -0.25) is 9.59 Å². The number of hydrogen-bond acceptors (Lipinski definition) is 4. The highest BCUT2D eigenvalue weighted by molar-refractivity contribution is 5.94. The van der Waals surface area contributed by atoms with Crippen molar-refractivity contribution in [3.63, 3.8) is 0 Å². The molecule has 0 saturated carbocycles. The van der Waals surface area contributed by atoms with Gasteiger partial charge in [0.2, 0.25) is 11.8 Å². The maximum absolute atomic E-state index is 12.2. The number of benzene rings is 2. The molecule has 0 aromatic heterocycles. The van der Waals surface area contributed by atoms with Crippen molar-refractivity contribution in [3.05, 3.63) is 53.1 Å². The molecule has 0 radical (unpaired) electrons. The maximum atomic E-state index is 12.2. The number of anilines is 1. The molecule has 0 fully saturated rings. The number of hydrogen-bond donors (Lipinski definition) is 1. The van der Waals surface area contributed by atoms with Gasteiger partial charge in [0.15, 0.2) is 0 Å². The lowest BCUT2D eigenvalue weighted by Crippen LogP contribution is -2.35. The fraction of sp³-hybridized carbons (Fsp3) is 0.391. The second kappa shape index (κ2) is 10.5. The molecule has 0 unspecified atom stereocenters. The van der Waals surface area contributed by atoms with E-state index in [9.17, 15) is 9.59 Å². The van der Waals surface area contributed by atoms with Gasteiger partial charge in [-0.25, -0.2) is 0 Å². The predicted octanol–water partition coefficient (Wildman–Crippen LogP) is 3.56. The molecule has 0 atom stereocenters. The van der Waals surface area contributed by atoms with Crippen LogP contribution in [0.3, 0.4) is 0 Å². The van der Waals surface area contributed by atoms with E-state index in [2.05, 4.69) is 17.4 Å². The second-order valence-corrected chi connectivity index (χ2v) is 7.04. The Bertz CT molecular complexity index is 823. The molecule has 0 aliphatic rings. The highest BCUT2D eigenvalue weighted by Crippen LogP contribution is 2.26. The van der Waals surface area contributed by atoms with Crippen LogP contribution in [0, 0.1) is 20.8 Å². The lowest BCUT2D eigenvalue weighted by atomic mass is 10.0. The Morgan fingerprint density at radius 1 is 1.00 bits per heavy atom. The molecule has 2 aromatic rings. The Labute approximate surface area is 172 Å². The van der Waals surface area contributed by atoms with Gasteiger partial charge in [0.25, 0.3) is 0 Å². The maximum Gasteiger partial charge on any atom is 0.223 e. The van der Waals surface area contributed by atoms with E-state index in [4.69, 9.17) is 9.47 Å². The van der Waals surface area contributed by atoms with Gasteiger partial charge in [0.1, 0.15) is 18.1 Å². The normalized spacial score (nSPS) is 10.4. The molecule has 29 heavy (non-hydrogen) atoms. The number of aryl methyl sites for hydroxylation is 3. The van der Waals surface area contributed by atoms with Crippen LogP contribution in [0.5, 0.6) is 11.5 Å². The molecule has 0 bridgehead atoms. The zero-order valence-corrected chi connectivity index (χ0v) is 17.9. The van der Waals surface area contributed by atoms with Crippen LogP contribution in [-0.2, 0) is 9.59 Å². The van der Waals surface area contributed by atoms with E-state index < -0.39 is 0 Å². The van der Waals surface area contributed by atoms with Crippen molar-refractivity contribution in [2.45, 2.75) is 34.1 Å². The SMILES string of the molecule is COc1ccc(OCCNC(=O)CCN(C(C)=O)c2c(C)cc(C)cc2C)cc1. The van der Waals surface area contributed by atoms with Crippen LogP contribution in [0.15, 0.2) is 36.4 Å². The van der Waals surface area contributed by atoms with Crippen LogP contribution < -0.4 is 19.7 Å². The van der Waals surface area contributed by atoms with Gasteiger partial charge in [-0.05, 0) is 56.2 Å². The minimum atomic E-state index is -0.114. The highest BCUT2D eigenvalue weighted by Gasteiger charge is 2.17. The first-order valence-electron chi connectivity index (χ1n) is 9.71. The lowest BCUT2D eigenvalue weighted by molar-refractivity contribution is -0.121. The third-order valence-corrected chi connectivity index (χ3v) is 4.60. The number of nitrogens with zero attached hydrogens (tertiary/aromatic N) is 1. The minimum absolute atomic E-state index is 0.0734. The molecule has 0 aliphatic heterocycles. The van der Waals surface area contributed by atoms with E-state index >= 15 is 0 Å². The number of rotatable bonds is 9. The molecular weight excluding hydrogens is 368 g/mol. The molecule has 0 aliphatic carbocycles. The summed E-state index contributed by atoms with van der Waals surface area (Å²) in [4.78, 5) is 26.1. The van der Waals surface area contributed by atoms with E-state index in [0.29, 0.717) is 25.4 Å². The smallest absolute Gasteiger partial charge is 0.223 e. The predicted molar refractivity (Wildman–Crippen MR) is 115 cm³/mol. The first-order chi connectivity index (χ1) is 13.8. The number of ether oxygens (including phenoxy) is 2. The molecule has 156 valence electrons. The standard InChI is InChI=1S/C23H30N2O4/c1-16-14-17(2)23(18(3)15-16)25(19(4)26)12-10-22(27)24-11-13-29-21-8-6-20(28-5)7-9-21/h6-9,14-15H,10-13H2,1-5H3,(H,24,27). The molecule has 0 heterocycles. The number of methoxy groups -OCH3 is 1. The number of amides is 2. The molecule has 2 rings (SSSR count). The topological polar surface area (TPSA) is 67.9 Å². The quantitative estimate of drug-likeness (QED) is 0.656. The molecule has 2 amide bonds. The summed E-state index contributed by atoms with van der Waals surface area (Å²) in [6.45, 7) is 8.63. The average Bonchev–Trinajstić information content (AvgIpc) is 2.67. The summed E-state index contributed by atoms with van der Waals surface area (Å²) in [7, 11) is 1.61. The second-order valence-electron chi connectivity index (χ2n) is 7.04. The van der Waals surface area contributed by atoms with E-state index in [-0.39, 0.29) is 18.2 Å². The number of nitrogens with one attached hydrogen (secondary N) is 1. The summed E-state index contributed by atoms with van der Waals surface area (Å²) in [6.07, 6.45) is 0.231.